The van der Waals surface area contributed by atoms with E-state index < -0.39 is 20.0 Å². The number of unbranched alkanes of at least 4 members (excludes halogenated alkanes) is 15. The molecule has 0 aromatic rings. The summed E-state index contributed by atoms with van der Waals surface area (Å²) in [5.74, 6) is -0.192. The monoisotopic (exact) mass is 912 g/mol. The van der Waals surface area contributed by atoms with Gasteiger partial charge in [-0.15, -0.1) is 0 Å². The van der Waals surface area contributed by atoms with Crippen LogP contribution in [-0.2, 0) is 18.4 Å². The van der Waals surface area contributed by atoms with Gasteiger partial charge in [-0.2, -0.15) is 0 Å². The first kappa shape index (κ1) is 61.2. The number of hydrogen-bond acceptors (Lipinski definition) is 5. The van der Waals surface area contributed by atoms with Crippen molar-refractivity contribution < 1.29 is 32.9 Å². The molecule has 0 aromatic heterocycles. The molecular weight excluding hydrogens is 816 g/mol. The number of carbonyl (C=O) groups excluding carboxylic acids is 1. The molecular formula is C55H96N2O6P+. The predicted molar refractivity (Wildman–Crippen MR) is 276 cm³/mol. The molecule has 9 heteroatoms. The van der Waals surface area contributed by atoms with Crippen LogP contribution in [0.2, 0.25) is 0 Å². The number of allylic oxidation sites excluding steroid dienone is 17. The number of phosphoric acid groups is 1. The van der Waals surface area contributed by atoms with Gasteiger partial charge >= 0.3 is 7.82 Å². The molecule has 0 aliphatic carbocycles. The molecule has 64 heavy (non-hydrogen) atoms. The lowest BCUT2D eigenvalue weighted by Crippen LogP contribution is -2.45. The lowest BCUT2D eigenvalue weighted by molar-refractivity contribution is -0.870. The fourth-order valence-electron chi connectivity index (χ4n) is 6.53. The molecule has 0 rings (SSSR count). The van der Waals surface area contributed by atoms with Crippen LogP contribution in [0.15, 0.2) is 109 Å². The summed E-state index contributed by atoms with van der Waals surface area (Å²) in [5, 5.41) is 13.7. The average Bonchev–Trinajstić information content (AvgIpc) is 3.25. The molecule has 0 heterocycles. The molecule has 0 bridgehead atoms. The molecule has 0 aromatic carbocycles. The van der Waals surface area contributed by atoms with E-state index in [0.29, 0.717) is 17.4 Å². The number of likely N-dealkylation sites (N-methyl/N-ethyl adjacent to an activating group) is 1. The van der Waals surface area contributed by atoms with E-state index in [2.05, 4.69) is 116 Å². The van der Waals surface area contributed by atoms with Crippen LogP contribution in [0.4, 0.5) is 0 Å². The van der Waals surface area contributed by atoms with E-state index in [1.54, 1.807) is 6.08 Å². The third-order valence-corrected chi connectivity index (χ3v) is 11.5. The maximum Gasteiger partial charge on any atom is 0.472 e. The Balaban J connectivity index is 4.03. The standard InChI is InChI=1S/C55H95N2O6P/c1-6-8-10-12-14-15-16-17-18-19-20-21-22-23-24-25-26-27-28-29-30-31-32-33-34-35-36-37-38-39-40-41-43-45-47-49-55(59)56-53(54(58)48-46-44-42-13-11-9-7-2)52-63-64(60,61)62-51-50-57(3,4)5/h8,10,14-15,17-18,20-21,23-24,26-27,29-30,32-33,46,48,53-54,58H,6-7,9,11-13,16,19,22,25,28,31,34-45,47,49-52H2,1-5H3,(H-,56,59,60,61)/p+1/b10-8-,15-14-,18-17-,21-20-,24-23-,27-26-,30-29-,33-32-,48-46+. The highest BCUT2D eigenvalue weighted by atomic mass is 31.2. The second-order valence-corrected chi connectivity index (χ2v) is 19.3. The first-order chi connectivity index (χ1) is 31.0. The quantitative estimate of drug-likeness (QED) is 0.0243. The van der Waals surface area contributed by atoms with Gasteiger partial charge < -0.3 is 19.8 Å². The lowest BCUT2D eigenvalue weighted by atomic mass is 10.0. The Labute approximate surface area is 393 Å². The van der Waals surface area contributed by atoms with Crippen molar-refractivity contribution in [3.8, 4) is 0 Å². The van der Waals surface area contributed by atoms with E-state index in [9.17, 15) is 19.4 Å². The van der Waals surface area contributed by atoms with Crippen LogP contribution >= 0.6 is 7.82 Å². The lowest BCUT2D eigenvalue weighted by Gasteiger charge is -2.25. The van der Waals surface area contributed by atoms with Crippen molar-refractivity contribution in [3.05, 3.63) is 109 Å². The zero-order valence-corrected chi connectivity index (χ0v) is 42.4. The van der Waals surface area contributed by atoms with Crippen molar-refractivity contribution in [2.75, 3.05) is 40.9 Å². The number of quaternary nitrogens is 1. The minimum atomic E-state index is -4.34. The highest BCUT2D eigenvalue weighted by Gasteiger charge is 2.27. The van der Waals surface area contributed by atoms with Crippen LogP contribution in [0.5, 0.6) is 0 Å². The van der Waals surface area contributed by atoms with Crippen molar-refractivity contribution in [2.45, 2.75) is 193 Å². The molecule has 0 saturated carbocycles. The van der Waals surface area contributed by atoms with Gasteiger partial charge in [-0.25, -0.2) is 4.57 Å². The van der Waals surface area contributed by atoms with Crippen LogP contribution in [-0.4, -0.2) is 73.4 Å². The first-order valence-corrected chi connectivity index (χ1v) is 26.8. The Kier molecular flexibility index (Phi) is 43.3. The van der Waals surface area contributed by atoms with Gasteiger partial charge in [0.2, 0.25) is 5.91 Å². The molecule has 0 aliphatic rings. The molecule has 0 radical (unpaired) electrons. The largest absolute Gasteiger partial charge is 0.472 e. The zero-order chi connectivity index (χ0) is 47.1. The van der Waals surface area contributed by atoms with Crippen LogP contribution < -0.4 is 5.32 Å². The summed E-state index contributed by atoms with van der Waals surface area (Å²) in [5.41, 5.74) is 0. The van der Waals surface area contributed by atoms with Crippen LogP contribution in [0.1, 0.15) is 181 Å². The maximum atomic E-state index is 12.8. The smallest absolute Gasteiger partial charge is 0.387 e. The third kappa shape index (κ3) is 47.1. The molecule has 3 N–H and O–H groups in total. The van der Waals surface area contributed by atoms with Crippen molar-refractivity contribution in [1.82, 2.24) is 5.32 Å². The van der Waals surface area contributed by atoms with Gasteiger partial charge in [0, 0.05) is 6.42 Å². The van der Waals surface area contributed by atoms with Gasteiger partial charge in [-0.3, -0.25) is 13.8 Å². The van der Waals surface area contributed by atoms with Gasteiger partial charge in [-0.05, 0) is 83.5 Å². The minimum absolute atomic E-state index is 0.0550. The molecule has 3 atom stereocenters. The van der Waals surface area contributed by atoms with Crippen molar-refractivity contribution in [1.29, 1.82) is 0 Å². The Hall–Kier alpha value is -2.84. The zero-order valence-electron chi connectivity index (χ0n) is 41.5. The number of nitrogens with zero attached hydrogens (tertiary/aromatic N) is 1. The summed E-state index contributed by atoms with van der Waals surface area (Å²) < 4.78 is 23.5. The van der Waals surface area contributed by atoms with Gasteiger partial charge in [0.05, 0.1) is 39.9 Å². The van der Waals surface area contributed by atoms with Crippen molar-refractivity contribution >= 4 is 13.7 Å². The molecule has 3 unspecified atom stereocenters. The Morgan fingerprint density at radius 2 is 0.938 bits per heavy atom. The Morgan fingerprint density at radius 1 is 0.547 bits per heavy atom. The first-order valence-electron chi connectivity index (χ1n) is 25.3. The highest BCUT2D eigenvalue weighted by Crippen LogP contribution is 2.43. The van der Waals surface area contributed by atoms with Crippen LogP contribution in [0, 0.1) is 0 Å². The Morgan fingerprint density at radius 3 is 1.38 bits per heavy atom. The summed E-state index contributed by atoms with van der Waals surface area (Å²) in [6.07, 6.45) is 66.3. The summed E-state index contributed by atoms with van der Waals surface area (Å²) in [6.45, 7) is 4.61. The summed E-state index contributed by atoms with van der Waals surface area (Å²) >= 11 is 0. The van der Waals surface area contributed by atoms with Crippen molar-refractivity contribution in [3.63, 3.8) is 0 Å². The molecule has 0 spiro atoms. The molecule has 0 aliphatic heterocycles. The highest BCUT2D eigenvalue weighted by molar-refractivity contribution is 7.47. The number of amides is 1. The molecule has 0 fully saturated rings. The third-order valence-electron chi connectivity index (χ3n) is 10.5. The molecule has 0 saturated heterocycles. The van der Waals surface area contributed by atoms with Gasteiger partial charge in [0.15, 0.2) is 0 Å². The fraction of sp³-hybridized carbons (Fsp3) is 0.655. The van der Waals surface area contributed by atoms with Crippen LogP contribution in [0.3, 0.4) is 0 Å². The van der Waals surface area contributed by atoms with E-state index in [1.807, 2.05) is 27.2 Å². The molecule has 366 valence electrons. The summed E-state index contributed by atoms with van der Waals surface area (Å²) in [7, 11) is 1.55. The number of hydrogen-bond donors (Lipinski definition) is 3. The molecule has 8 nitrogen and oxygen atoms in total. The number of aliphatic hydroxyl groups excluding tert-OH is 1. The van der Waals surface area contributed by atoms with Gasteiger partial charge in [0.1, 0.15) is 13.2 Å². The van der Waals surface area contributed by atoms with Gasteiger partial charge in [-0.1, -0.05) is 200 Å². The minimum Gasteiger partial charge on any atom is -0.387 e. The normalized spacial score (nSPS) is 15.0. The van der Waals surface area contributed by atoms with Gasteiger partial charge in [0.25, 0.3) is 0 Å². The second-order valence-electron chi connectivity index (χ2n) is 17.8. The number of carbonyl (C=O) groups is 1. The summed E-state index contributed by atoms with van der Waals surface area (Å²) in [4.78, 5) is 23.0. The van der Waals surface area contributed by atoms with E-state index in [4.69, 9.17) is 9.05 Å². The topological polar surface area (TPSA) is 105 Å². The number of rotatable bonds is 44. The fourth-order valence-corrected chi connectivity index (χ4v) is 7.26. The SMILES string of the molecule is CC/C=C\C/C=C\C/C=C\C/C=C\C/C=C\C/C=C\C/C=C\C/C=C\CCCCCCCCCCCCC(=O)NC(COP(=O)(O)OCC[N+](C)(C)C)C(O)/C=C/CCCCCCC. The number of aliphatic hydroxyl groups is 1. The van der Waals surface area contributed by atoms with E-state index >= 15 is 0 Å². The predicted octanol–water partition coefficient (Wildman–Crippen LogP) is 14.9. The van der Waals surface area contributed by atoms with E-state index in [0.717, 1.165) is 96.3 Å². The average molecular weight is 912 g/mol. The summed E-state index contributed by atoms with van der Waals surface area (Å²) in [6, 6.07) is -0.852. The number of nitrogens with one attached hydrogen (secondary N) is 1. The van der Waals surface area contributed by atoms with Crippen molar-refractivity contribution in [2.24, 2.45) is 0 Å². The Bertz CT molecular complexity index is 1400. The van der Waals surface area contributed by atoms with E-state index in [-0.39, 0.29) is 19.1 Å². The maximum absolute atomic E-state index is 12.8. The van der Waals surface area contributed by atoms with Crippen LogP contribution in [0.25, 0.3) is 0 Å². The van der Waals surface area contributed by atoms with E-state index in [1.165, 1.54) is 64.2 Å². The molecule has 1 amide bonds. The second kappa shape index (κ2) is 45.3. The number of phosphoric ester groups is 1.